The summed E-state index contributed by atoms with van der Waals surface area (Å²) in [6.07, 6.45) is 1.91. The molecule has 78 heavy (non-hydrogen) atoms. The van der Waals surface area contributed by atoms with E-state index in [9.17, 15) is 0 Å². The van der Waals surface area contributed by atoms with E-state index in [1.165, 1.54) is 34.4 Å². The number of rotatable bonds is 11. The molecule has 0 aliphatic carbocycles. The van der Waals surface area contributed by atoms with Gasteiger partial charge in [-0.3, -0.25) is 4.57 Å². The fourth-order valence-electron chi connectivity index (χ4n) is 11.3. The third kappa shape index (κ3) is 9.84. The van der Waals surface area contributed by atoms with Crippen LogP contribution in [-0.4, -0.2) is 16.2 Å². The van der Waals surface area contributed by atoms with Crippen LogP contribution in [0.2, 0.25) is 0 Å². The van der Waals surface area contributed by atoms with Gasteiger partial charge in [-0.15, -0.1) is 0 Å². The molecule has 394 valence electrons. The molecule has 7 heteroatoms. The molecule has 5 nitrogen and oxygen atoms in total. The van der Waals surface area contributed by atoms with Gasteiger partial charge in [0.05, 0.1) is 28.1 Å². The van der Waals surface area contributed by atoms with Crippen molar-refractivity contribution in [1.82, 2.24) is 9.55 Å². The van der Waals surface area contributed by atoms with Gasteiger partial charge in [-0.2, -0.15) is 0 Å². The number of aromatic nitrogens is 2. The molecule has 3 heterocycles. The summed E-state index contributed by atoms with van der Waals surface area (Å²) in [5, 5.41) is 2.25. The lowest BCUT2D eigenvalue weighted by Gasteiger charge is -2.31. The quantitative estimate of drug-likeness (QED) is 0.129. The largest absolute Gasteiger partial charge is 0.457 e. The second-order valence-electron chi connectivity index (χ2n) is 24.3. The van der Waals surface area contributed by atoms with E-state index in [0.29, 0.717) is 23.7 Å². The molecule has 0 spiro atoms. The molecule has 0 radical (unpaired) electrons. The molecule has 0 unspecified atom stereocenters. The van der Waals surface area contributed by atoms with Crippen LogP contribution in [0.25, 0.3) is 61.0 Å². The monoisotopic (exact) mass is 1030 g/mol. The van der Waals surface area contributed by atoms with Crippen LogP contribution in [0, 0.1) is 11.6 Å². The number of para-hydroxylation sites is 3. The van der Waals surface area contributed by atoms with Gasteiger partial charge in [0.25, 0.3) is 0 Å². The van der Waals surface area contributed by atoms with E-state index in [0.717, 1.165) is 89.8 Å². The van der Waals surface area contributed by atoms with Crippen LogP contribution in [0.3, 0.4) is 0 Å². The Bertz CT molecular complexity index is 3880. The number of pyridine rings is 1. The summed E-state index contributed by atoms with van der Waals surface area (Å²) >= 11 is 0. The Morgan fingerprint density at radius 3 is 1.72 bits per heavy atom. The molecule has 0 N–H and O–H groups in total. The van der Waals surface area contributed by atoms with Crippen molar-refractivity contribution in [2.24, 2.45) is 0 Å². The van der Waals surface area contributed by atoms with Crippen molar-refractivity contribution in [2.45, 2.75) is 112 Å². The predicted octanol–water partition coefficient (Wildman–Crippen LogP) is 20.5. The third-order valence-corrected chi connectivity index (χ3v) is 15.6. The molecule has 0 saturated carbocycles. The van der Waals surface area contributed by atoms with Crippen molar-refractivity contribution in [3.8, 4) is 50.7 Å². The fourth-order valence-corrected chi connectivity index (χ4v) is 11.3. The van der Waals surface area contributed by atoms with Gasteiger partial charge in [0.1, 0.15) is 35.6 Å². The summed E-state index contributed by atoms with van der Waals surface area (Å²) in [6.45, 7) is 27.1. The summed E-state index contributed by atoms with van der Waals surface area (Å²) in [5.74, 6) is 1.80. The molecule has 8 aromatic carbocycles. The van der Waals surface area contributed by atoms with E-state index in [4.69, 9.17) is 9.72 Å². The van der Waals surface area contributed by atoms with Crippen molar-refractivity contribution in [3.63, 3.8) is 0 Å². The van der Waals surface area contributed by atoms with Crippen LogP contribution < -0.4 is 14.5 Å². The summed E-state index contributed by atoms with van der Waals surface area (Å²) < 4.78 is 40.7. The van der Waals surface area contributed by atoms with Crippen LogP contribution in [0.4, 0.5) is 31.5 Å². The molecular formula is C71H70F2N4O. The molecule has 0 amide bonds. The number of anilines is 4. The maximum Gasteiger partial charge on any atom is 0.137 e. The summed E-state index contributed by atoms with van der Waals surface area (Å²) in [4.78, 5) is 9.64. The number of benzene rings is 8. The smallest absolute Gasteiger partial charge is 0.137 e. The average molecular weight is 1030 g/mol. The first kappa shape index (κ1) is 52.0. The number of fused-ring (bicyclic) bond motifs is 4. The molecular weight excluding hydrogens is 963 g/mol. The SMILES string of the molecule is CC(C)c1cc(-c2cc(C(C)(C)C)cc(-c3cc(F)cc(F)c3)c2N2CN(c3cc(Oc4ccc5c6ccccc6n(-c6cc(C(C)(C)C)ccn6)c5c4)cc(-c4ccccc4C(C)C)c3)c3ccccc32)cc(C(C)C)c1. The van der Waals surface area contributed by atoms with Crippen LogP contribution in [0.5, 0.6) is 11.5 Å². The summed E-state index contributed by atoms with van der Waals surface area (Å²) in [7, 11) is 0. The van der Waals surface area contributed by atoms with Crippen LogP contribution in [-0.2, 0) is 10.8 Å². The highest BCUT2D eigenvalue weighted by atomic mass is 19.1. The highest BCUT2D eigenvalue weighted by Gasteiger charge is 2.34. The minimum absolute atomic E-state index is 0.0619. The first-order chi connectivity index (χ1) is 37.2. The number of ether oxygens (including phenoxy) is 1. The Morgan fingerprint density at radius 1 is 0.474 bits per heavy atom. The van der Waals surface area contributed by atoms with Gasteiger partial charge in [-0.05, 0) is 158 Å². The van der Waals surface area contributed by atoms with Gasteiger partial charge in [0, 0.05) is 52.0 Å². The molecule has 0 saturated heterocycles. The van der Waals surface area contributed by atoms with Crippen LogP contribution >= 0.6 is 0 Å². The third-order valence-electron chi connectivity index (χ3n) is 15.6. The Balaban J connectivity index is 1.11. The van der Waals surface area contributed by atoms with E-state index in [2.05, 4.69) is 249 Å². The van der Waals surface area contributed by atoms with Crippen molar-refractivity contribution < 1.29 is 13.5 Å². The zero-order valence-corrected chi connectivity index (χ0v) is 47.1. The second-order valence-corrected chi connectivity index (χ2v) is 24.3. The van der Waals surface area contributed by atoms with Crippen LogP contribution in [0.15, 0.2) is 176 Å². The first-order valence-corrected chi connectivity index (χ1v) is 27.6. The van der Waals surface area contributed by atoms with Crippen molar-refractivity contribution in [1.29, 1.82) is 0 Å². The Labute approximate surface area is 459 Å². The van der Waals surface area contributed by atoms with Crippen molar-refractivity contribution >= 4 is 44.6 Å². The standard InChI is InChI=1S/C71H70F2N4O/c1-43(2)46-29-47(44(3)4)31-48(30-46)62-36-52(71(10,11)12)37-63(49-32-53(72)39-54(73)33-49)69(62)76-42-75(65-23-17-18-24-66(65)76)55-34-50(59-20-14-13-19-58(59)45(5)6)35-57(40-55)78-56-25-26-61-60-21-15-16-22-64(60)77(67(61)41-56)68-38-51(27-28-74-68)70(7,8)9/h13-41,43-45H,42H2,1-12H3. The molecule has 10 aromatic rings. The Hall–Kier alpha value is -8.03. The lowest BCUT2D eigenvalue weighted by molar-refractivity contribution is 0.483. The van der Waals surface area contributed by atoms with Crippen molar-refractivity contribution in [3.05, 3.63) is 216 Å². The lowest BCUT2D eigenvalue weighted by Crippen LogP contribution is -2.25. The van der Waals surface area contributed by atoms with Gasteiger partial charge in [0.2, 0.25) is 0 Å². The zero-order valence-electron chi connectivity index (χ0n) is 47.1. The molecule has 11 rings (SSSR count). The highest BCUT2D eigenvalue weighted by molar-refractivity contribution is 6.09. The number of halogens is 2. The lowest BCUT2D eigenvalue weighted by atomic mass is 9.81. The summed E-state index contributed by atoms with van der Waals surface area (Å²) in [5.41, 5.74) is 16.9. The number of hydrogen-bond acceptors (Lipinski definition) is 4. The molecule has 1 aliphatic rings. The van der Waals surface area contributed by atoms with E-state index >= 15 is 8.78 Å². The van der Waals surface area contributed by atoms with Crippen molar-refractivity contribution in [2.75, 3.05) is 16.5 Å². The number of nitrogens with zero attached hydrogens (tertiary/aromatic N) is 4. The minimum atomic E-state index is -0.621. The Kier molecular flexibility index (Phi) is 13.4. The van der Waals surface area contributed by atoms with Gasteiger partial charge in [-0.25, -0.2) is 13.8 Å². The van der Waals surface area contributed by atoms with E-state index in [1.54, 1.807) is 0 Å². The second kappa shape index (κ2) is 20.1. The zero-order chi connectivity index (χ0) is 54.9. The normalized spacial score (nSPS) is 13.0. The molecule has 0 fully saturated rings. The average Bonchev–Trinajstić information content (AvgIpc) is 4.01. The van der Waals surface area contributed by atoms with E-state index < -0.39 is 11.6 Å². The van der Waals surface area contributed by atoms with Crippen LogP contribution in [0.1, 0.15) is 129 Å². The maximum absolute atomic E-state index is 15.6. The van der Waals surface area contributed by atoms with Gasteiger partial charge >= 0.3 is 0 Å². The topological polar surface area (TPSA) is 33.5 Å². The molecule has 0 bridgehead atoms. The molecule has 0 atom stereocenters. The van der Waals surface area contributed by atoms with Gasteiger partial charge in [-0.1, -0.05) is 156 Å². The minimum Gasteiger partial charge on any atom is -0.457 e. The molecule has 2 aromatic heterocycles. The molecule has 1 aliphatic heterocycles. The fraction of sp³-hybridized carbons (Fsp3) is 0.254. The van der Waals surface area contributed by atoms with E-state index in [-0.39, 0.29) is 28.6 Å². The highest BCUT2D eigenvalue weighted by Crippen LogP contribution is 2.53. The predicted molar refractivity (Wildman–Crippen MR) is 323 cm³/mol. The van der Waals surface area contributed by atoms with E-state index in [1.807, 2.05) is 6.20 Å². The number of hydrogen-bond donors (Lipinski definition) is 0. The van der Waals surface area contributed by atoms with Gasteiger partial charge < -0.3 is 14.5 Å². The van der Waals surface area contributed by atoms with Gasteiger partial charge in [0.15, 0.2) is 0 Å². The first-order valence-electron chi connectivity index (χ1n) is 27.6. The Morgan fingerprint density at radius 2 is 1.06 bits per heavy atom. The summed E-state index contributed by atoms with van der Waals surface area (Å²) in [6, 6.07) is 58.2. The maximum atomic E-state index is 15.6.